The molecule has 0 amide bonds. The van der Waals surface area contributed by atoms with Crippen molar-refractivity contribution in [2.24, 2.45) is 0 Å². The molecule has 0 saturated carbocycles. The van der Waals surface area contributed by atoms with Crippen molar-refractivity contribution in [3.8, 4) is 0 Å². The van der Waals surface area contributed by atoms with Crippen LogP contribution < -0.4 is 5.73 Å². The minimum atomic E-state index is 0.127. The fourth-order valence-corrected chi connectivity index (χ4v) is 1.12. The molecule has 0 saturated heterocycles. The largest absolute Gasteiger partial charge is 0.383 e. The molecule has 6 heteroatoms. The molecule has 2 heterocycles. The van der Waals surface area contributed by atoms with Crippen molar-refractivity contribution >= 4 is 23.0 Å². The molecule has 0 bridgehead atoms. The average molecular weight is 200 g/mol. The first-order valence-electron chi connectivity index (χ1n) is 3.53. The molecule has 2 N–H and O–H groups in total. The van der Waals surface area contributed by atoms with Gasteiger partial charge in [0.05, 0.1) is 0 Å². The van der Waals surface area contributed by atoms with Gasteiger partial charge < -0.3 is 10.6 Å². The molecule has 13 heavy (non-hydrogen) atoms. The van der Waals surface area contributed by atoms with Gasteiger partial charge in [0, 0.05) is 17.3 Å². The van der Waals surface area contributed by atoms with Crippen LogP contribution in [-0.2, 0) is 9.78 Å². The first-order chi connectivity index (χ1) is 6.27. The van der Waals surface area contributed by atoms with E-state index in [1.54, 1.807) is 0 Å². The van der Waals surface area contributed by atoms with Gasteiger partial charge in [0.1, 0.15) is 18.7 Å². The molecule has 0 fully saturated rings. The summed E-state index contributed by atoms with van der Waals surface area (Å²) in [6.07, 6.45) is 3.00. The van der Waals surface area contributed by atoms with Gasteiger partial charge in [-0.05, 0) is 11.6 Å². The van der Waals surface area contributed by atoms with E-state index < -0.39 is 0 Å². The number of hydrogen-bond donors (Lipinski definition) is 1. The standard InChI is InChI=1S/C7H6ClN3O2/c8-7-10-1-5(6(9)11-7)4-2-12-13-3-4/h1-2H,3H2,(H2,9,10,11). The van der Waals surface area contributed by atoms with Crippen molar-refractivity contribution in [2.45, 2.75) is 0 Å². The minimum Gasteiger partial charge on any atom is -0.383 e. The van der Waals surface area contributed by atoms with Gasteiger partial charge in [-0.25, -0.2) is 9.97 Å². The summed E-state index contributed by atoms with van der Waals surface area (Å²) in [5.41, 5.74) is 7.10. The fourth-order valence-electron chi connectivity index (χ4n) is 0.985. The number of nitrogens with two attached hydrogens (primary N) is 1. The van der Waals surface area contributed by atoms with Crippen LogP contribution >= 0.6 is 11.6 Å². The van der Waals surface area contributed by atoms with Gasteiger partial charge in [0.2, 0.25) is 5.28 Å². The number of anilines is 1. The summed E-state index contributed by atoms with van der Waals surface area (Å²) in [5, 5.41) is 0.127. The summed E-state index contributed by atoms with van der Waals surface area (Å²) >= 11 is 5.54. The number of halogens is 1. The molecule has 0 radical (unpaired) electrons. The van der Waals surface area contributed by atoms with E-state index in [0.29, 0.717) is 18.0 Å². The van der Waals surface area contributed by atoms with Gasteiger partial charge in [-0.2, -0.15) is 4.89 Å². The molecular formula is C7H6ClN3O2. The average Bonchev–Trinajstić information content (AvgIpc) is 2.56. The fraction of sp³-hybridized carbons (Fsp3) is 0.143. The van der Waals surface area contributed by atoms with Gasteiger partial charge in [-0.1, -0.05) is 0 Å². The third kappa shape index (κ3) is 1.56. The van der Waals surface area contributed by atoms with E-state index >= 15 is 0 Å². The van der Waals surface area contributed by atoms with Gasteiger partial charge in [0.15, 0.2) is 0 Å². The second-order valence-corrected chi connectivity index (χ2v) is 2.78. The van der Waals surface area contributed by atoms with Gasteiger partial charge in [-0.3, -0.25) is 0 Å². The Balaban J connectivity index is 2.40. The van der Waals surface area contributed by atoms with Gasteiger partial charge >= 0.3 is 0 Å². The third-order valence-corrected chi connectivity index (χ3v) is 1.79. The number of rotatable bonds is 1. The van der Waals surface area contributed by atoms with Crippen LogP contribution in [0.3, 0.4) is 0 Å². The second kappa shape index (κ2) is 3.20. The maximum Gasteiger partial charge on any atom is 0.224 e. The van der Waals surface area contributed by atoms with Crippen molar-refractivity contribution in [3.63, 3.8) is 0 Å². The molecule has 1 aliphatic rings. The summed E-state index contributed by atoms with van der Waals surface area (Å²) in [6, 6.07) is 0. The first kappa shape index (κ1) is 8.28. The van der Waals surface area contributed by atoms with Crippen molar-refractivity contribution in [1.82, 2.24) is 9.97 Å². The van der Waals surface area contributed by atoms with E-state index in [-0.39, 0.29) is 5.28 Å². The Morgan fingerprint density at radius 1 is 1.54 bits per heavy atom. The van der Waals surface area contributed by atoms with Crippen LogP contribution in [0.2, 0.25) is 5.28 Å². The number of hydrogen-bond acceptors (Lipinski definition) is 5. The maximum absolute atomic E-state index is 5.61. The second-order valence-electron chi connectivity index (χ2n) is 2.44. The highest BCUT2D eigenvalue weighted by Gasteiger charge is 2.13. The Kier molecular flexibility index (Phi) is 2.03. The Hall–Kier alpha value is -1.33. The van der Waals surface area contributed by atoms with E-state index in [4.69, 9.17) is 17.3 Å². The van der Waals surface area contributed by atoms with E-state index in [9.17, 15) is 0 Å². The van der Waals surface area contributed by atoms with E-state index in [1.165, 1.54) is 12.5 Å². The maximum atomic E-state index is 5.61. The van der Waals surface area contributed by atoms with Crippen LogP contribution in [0.25, 0.3) is 5.57 Å². The summed E-state index contributed by atoms with van der Waals surface area (Å²) < 4.78 is 0. The lowest BCUT2D eigenvalue weighted by molar-refractivity contribution is -0.220. The predicted octanol–water partition coefficient (Wildman–Crippen LogP) is 1.01. The minimum absolute atomic E-state index is 0.127. The van der Waals surface area contributed by atoms with Crippen molar-refractivity contribution < 1.29 is 9.78 Å². The van der Waals surface area contributed by atoms with Crippen LogP contribution in [-0.4, -0.2) is 16.6 Å². The Labute approximate surface area is 79.1 Å². The quantitative estimate of drug-likeness (QED) is 0.540. The summed E-state index contributed by atoms with van der Waals surface area (Å²) in [7, 11) is 0. The molecule has 5 nitrogen and oxygen atoms in total. The van der Waals surface area contributed by atoms with Crippen LogP contribution in [0, 0.1) is 0 Å². The lowest BCUT2D eigenvalue weighted by Crippen LogP contribution is -2.00. The SMILES string of the molecule is Nc1nc(Cl)ncc1C1=COOC1. The van der Waals surface area contributed by atoms with Crippen LogP contribution in [0.4, 0.5) is 5.82 Å². The number of nitrogens with zero attached hydrogens (tertiary/aromatic N) is 2. The molecule has 0 unspecified atom stereocenters. The highest BCUT2D eigenvalue weighted by molar-refractivity contribution is 6.28. The molecule has 1 aromatic rings. The lowest BCUT2D eigenvalue weighted by atomic mass is 10.1. The topological polar surface area (TPSA) is 70.3 Å². The molecule has 68 valence electrons. The zero-order chi connectivity index (χ0) is 9.26. The first-order valence-corrected chi connectivity index (χ1v) is 3.91. The van der Waals surface area contributed by atoms with Crippen LogP contribution in [0.1, 0.15) is 5.56 Å². The zero-order valence-electron chi connectivity index (χ0n) is 6.53. The smallest absolute Gasteiger partial charge is 0.224 e. The summed E-state index contributed by atoms with van der Waals surface area (Å²) in [5.74, 6) is 0.320. The highest BCUT2D eigenvalue weighted by atomic mass is 35.5. The van der Waals surface area contributed by atoms with Crippen molar-refractivity contribution in [3.05, 3.63) is 23.3 Å². The number of nitrogen functional groups attached to an aromatic ring is 1. The Bertz CT molecular complexity index is 367. The van der Waals surface area contributed by atoms with Crippen LogP contribution in [0.15, 0.2) is 12.5 Å². The predicted molar refractivity (Wildman–Crippen MR) is 46.5 cm³/mol. The van der Waals surface area contributed by atoms with Crippen LogP contribution in [0.5, 0.6) is 0 Å². The normalized spacial score (nSPS) is 15.3. The van der Waals surface area contributed by atoms with Gasteiger partial charge in [0.25, 0.3) is 0 Å². The summed E-state index contributed by atoms with van der Waals surface area (Å²) in [6.45, 7) is 0.342. The molecule has 0 spiro atoms. The molecule has 1 aliphatic heterocycles. The van der Waals surface area contributed by atoms with Crippen molar-refractivity contribution in [2.75, 3.05) is 12.3 Å². The summed E-state index contributed by atoms with van der Waals surface area (Å²) in [4.78, 5) is 16.9. The van der Waals surface area contributed by atoms with E-state index in [2.05, 4.69) is 19.7 Å². The molecule has 0 aliphatic carbocycles. The number of aromatic nitrogens is 2. The van der Waals surface area contributed by atoms with Crippen molar-refractivity contribution in [1.29, 1.82) is 0 Å². The van der Waals surface area contributed by atoms with Gasteiger partial charge in [-0.15, -0.1) is 0 Å². The highest BCUT2D eigenvalue weighted by Crippen LogP contribution is 2.23. The Morgan fingerprint density at radius 3 is 3.00 bits per heavy atom. The third-order valence-electron chi connectivity index (χ3n) is 1.61. The molecule has 1 aromatic heterocycles. The molecular weight excluding hydrogens is 194 g/mol. The molecule has 0 atom stereocenters. The lowest BCUT2D eigenvalue weighted by Gasteiger charge is -2.01. The van der Waals surface area contributed by atoms with E-state index in [0.717, 1.165) is 5.57 Å². The Morgan fingerprint density at radius 2 is 2.38 bits per heavy atom. The molecule has 0 aromatic carbocycles. The molecule has 2 rings (SSSR count). The monoisotopic (exact) mass is 199 g/mol. The zero-order valence-corrected chi connectivity index (χ0v) is 7.28. The van der Waals surface area contributed by atoms with E-state index in [1.807, 2.05) is 0 Å².